The average molecular weight is 273 g/mol. The highest BCUT2D eigenvalue weighted by Gasteiger charge is 2.20. The van der Waals surface area contributed by atoms with Gasteiger partial charge in [0.2, 0.25) is 5.91 Å². The van der Waals surface area contributed by atoms with Gasteiger partial charge in [-0.2, -0.15) is 0 Å². The number of nitrogens with zero attached hydrogens (tertiary/aromatic N) is 1. The van der Waals surface area contributed by atoms with Gasteiger partial charge in [0.05, 0.1) is 13.2 Å². The molecule has 0 saturated heterocycles. The lowest BCUT2D eigenvalue weighted by molar-refractivity contribution is -0.154. The topological polar surface area (TPSA) is 72.9 Å². The molecule has 1 amide bonds. The highest BCUT2D eigenvalue weighted by Crippen LogP contribution is 2.02. The van der Waals surface area contributed by atoms with E-state index >= 15 is 0 Å². The third-order valence-corrected chi connectivity index (χ3v) is 2.35. The van der Waals surface area contributed by atoms with Crippen LogP contribution in [0.1, 0.15) is 40.0 Å². The van der Waals surface area contributed by atoms with Crippen LogP contribution < -0.4 is 0 Å². The van der Waals surface area contributed by atoms with Gasteiger partial charge in [-0.15, -0.1) is 0 Å². The van der Waals surface area contributed by atoms with Crippen LogP contribution in [0.2, 0.25) is 0 Å². The lowest BCUT2D eigenvalue weighted by Gasteiger charge is -2.20. The Hall–Kier alpha value is -1.59. The molecule has 6 heteroatoms. The number of rotatable bonds is 9. The lowest BCUT2D eigenvalue weighted by atomic mass is 10.2. The van der Waals surface area contributed by atoms with Gasteiger partial charge >= 0.3 is 11.9 Å². The molecule has 0 fully saturated rings. The summed E-state index contributed by atoms with van der Waals surface area (Å²) in [7, 11) is 0. The van der Waals surface area contributed by atoms with Gasteiger partial charge in [0, 0.05) is 6.42 Å². The van der Waals surface area contributed by atoms with E-state index in [0.717, 1.165) is 12.8 Å². The smallest absolute Gasteiger partial charge is 0.325 e. The molecular weight excluding hydrogens is 250 g/mol. The second kappa shape index (κ2) is 10.3. The third-order valence-electron chi connectivity index (χ3n) is 2.35. The van der Waals surface area contributed by atoms with E-state index in [1.807, 2.05) is 6.92 Å². The Morgan fingerprint density at radius 2 is 1.37 bits per heavy atom. The minimum atomic E-state index is -0.517. The molecule has 0 spiro atoms. The number of amides is 1. The van der Waals surface area contributed by atoms with Crippen LogP contribution >= 0.6 is 0 Å². The number of unbranched alkanes of at least 4 members (excludes halogenated alkanes) is 1. The number of hydrogen-bond donors (Lipinski definition) is 0. The second-order valence-corrected chi connectivity index (χ2v) is 3.96. The fourth-order valence-corrected chi connectivity index (χ4v) is 1.44. The summed E-state index contributed by atoms with van der Waals surface area (Å²) in [6.07, 6.45) is 1.91. The minimum absolute atomic E-state index is 0.213. The van der Waals surface area contributed by atoms with Crippen LogP contribution in [-0.4, -0.2) is 49.0 Å². The monoisotopic (exact) mass is 273 g/mol. The molecule has 0 saturated carbocycles. The van der Waals surface area contributed by atoms with Crippen molar-refractivity contribution in [2.45, 2.75) is 40.0 Å². The zero-order valence-electron chi connectivity index (χ0n) is 11.9. The molecule has 0 atom stereocenters. The molecule has 0 N–H and O–H groups in total. The maximum Gasteiger partial charge on any atom is 0.325 e. The maximum atomic E-state index is 11.9. The largest absolute Gasteiger partial charge is 0.465 e. The maximum absolute atomic E-state index is 11.9. The molecule has 0 heterocycles. The fraction of sp³-hybridized carbons (Fsp3) is 0.769. The Kier molecular flexibility index (Phi) is 9.48. The van der Waals surface area contributed by atoms with Crippen molar-refractivity contribution in [2.24, 2.45) is 0 Å². The highest BCUT2D eigenvalue weighted by atomic mass is 16.5. The Labute approximate surface area is 114 Å². The van der Waals surface area contributed by atoms with E-state index in [1.54, 1.807) is 13.8 Å². The molecule has 19 heavy (non-hydrogen) atoms. The van der Waals surface area contributed by atoms with E-state index in [-0.39, 0.29) is 32.2 Å². The second-order valence-electron chi connectivity index (χ2n) is 3.96. The quantitative estimate of drug-likeness (QED) is 0.589. The van der Waals surface area contributed by atoms with Crippen LogP contribution in [0.4, 0.5) is 0 Å². The Morgan fingerprint density at radius 1 is 0.895 bits per heavy atom. The predicted molar refractivity (Wildman–Crippen MR) is 69.4 cm³/mol. The summed E-state index contributed by atoms with van der Waals surface area (Å²) in [4.78, 5) is 35.9. The fourth-order valence-electron chi connectivity index (χ4n) is 1.44. The standard InChI is InChI=1S/C13H23NO5/c1-4-7-8-11(15)14(9-12(16)18-5-2)10-13(17)19-6-3/h4-10H2,1-3H3. The van der Waals surface area contributed by atoms with Crippen molar-refractivity contribution in [3.05, 3.63) is 0 Å². The number of carbonyl (C=O) groups is 3. The van der Waals surface area contributed by atoms with Crippen LogP contribution in [0, 0.1) is 0 Å². The summed E-state index contributed by atoms with van der Waals surface area (Å²) in [6.45, 7) is 5.40. The third kappa shape index (κ3) is 8.18. The van der Waals surface area contributed by atoms with Crippen molar-refractivity contribution in [3.8, 4) is 0 Å². The predicted octanol–water partition coefficient (Wildman–Crippen LogP) is 1.13. The van der Waals surface area contributed by atoms with Crippen molar-refractivity contribution in [1.29, 1.82) is 0 Å². The summed E-state index contributed by atoms with van der Waals surface area (Å²) in [6, 6.07) is 0. The molecule has 6 nitrogen and oxygen atoms in total. The highest BCUT2D eigenvalue weighted by molar-refractivity contribution is 5.86. The summed E-state index contributed by atoms with van der Waals surface area (Å²) in [5, 5.41) is 0. The van der Waals surface area contributed by atoms with Crippen LogP contribution in [0.3, 0.4) is 0 Å². The molecule has 0 aromatic carbocycles. The molecule has 0 rings (SSSR count). The first-order valence-electron chi connectivity index (χ1n) is 6.64. The normalized spacial score (nSPS) is 9.84. The SMILES string of the molecule is CCCCC(=O)N(CC(=O)OCC)CC(=O)OCC. The average Bonchev–Trinajstić information content (AvgIpc) is 2.35. The molecule has 0 aromatic rings. The first-order chi connectivity index (χ1) is 9.04. The molecule has 0 aliphatic heterocycles. The van der Waals surface area contributed by atoms with Gasteiger partial charge in [0.15, 0.2) is 0 Å². The van der Waals surface area contributed by atoms with Crippen LogP contribution in [0.5, 0.6) is 0 Å². The van der Waals surface area contributed by atoms with Gasteiger partial charge in [0.1, 0.15) is 13.1 Å². The first-order valence-corrected chi connectivity index (χ1v) is 6.64. The molecule has 110 valence electrons. The van der Waals surface area contributed by atoms with Gasteiger partial charge in [-0.25, -0.2) is 0 Å². The Morgan fingerprint density at radius 3 is 1.74 bits per heavy atom. The van der Waals surface area contributed by atoms with Gasteiger partial charge in [0.25, 0.3) is 0 Å². The Bertz CT molecular complexity index is 283. The number of hydrogen-bond acceptors (Lipinski definition) is 5. The van der Waals surface area contributed by atoms with Gasteiger partial charge in [-0.3, -0.25) is 14.4 Å². The molecule has 0 radical (unpaired) electrons. The van der Waals surface area contributed by atoms with Gasteiger partial charge in [-0.05, 0) is 20.3 Å². The van der Waals surface area contributed by atoms with Crippen LogP contribution in [0.25, 0.3) is 0 Å². The molecule has 0 unspecified atom stereocenters. The van der Waals surface area contributed by atoms with E-state index < -0.39 is 11.9 Å². The van der Waals surface area contributed by atoms with Gasteiger partial charge in [-0.1, -0.05) is 13.3 Å². The molecular formula is C13H23NO5. The molecule has 0 aliphatic carbocycles. The summed E-state index contributed by atoms with van der Waals surface area (Å²) < 4.78 is 9.57. The van der Waals surface area contributed by atoms with E-state index in [0.29, 0.717) is 6.42 Å². The van der Waals surface area contributed by atoms with Crippen LogP contribution in [-0.2, 0) is 23.9 Å². The van der Waals surface area contributed by atoms with Crippen molar-refractivity contribution in [2.75, 3.05) is 26.3 Å². The van der Waals surface area contributed by atoms with Gasteiger partial charge < -0.3 is 14.4 Å². The number of carbonyl (C=O) groups excluding carboxylic acids is 3. The summed E-state index contributed by atoms with van der Waals surface area (Å²) in [5.74, 6) is -1.27. The minimum Gasteiger partial charge on any atom is -0.465 e. The van der Waals surface area contributed by atoms with E-state index in [9.17, 15) is 14.4 Å². The Balaban J connectivity index is 4.48. The molecule has 0 aliphatic rings. The molecule has 0 aromatic heterocycles. The van der Waals surface area contributed by atoms with Crippen LogP contribution in [0.15, 0.2) is 0 Å². The van der Waals surface area contributed by atoms with Crippen molar-refractivity contribution in [3.63, 3.8) is 0 Å². The summed E-state index contributed by atoms with van der Waals surface area (Å²) >= 11 is 0. The lowest BCUT2D eigenvalue weighted by Crippen LogP contribution is -2.40. The zero-order chi connectivity index (χ0) is 14.7. The first kappa shape index (κ1) is 17.4. The number of ether oxygens (including phenoxy) is 2. The number of esters is 2. The van der Waals surface area contributed by atoms with E-state index in [4.69, 9.17) is 9.47 Å². The molecule has 0 bridgehead atoms. The zero-order valence-corrected chi connectivity index (χ0v) is 11.9. The van der Waals surface area contributed by atoms with Crippen molar-refractivity contribution >= 4 is 17.8 Å². The van der Waals surface area contributed by atoms with E-state index in [1.165, 1.54) is 4.90 Å². The summed E-state index contributed by atoms with van der Waals surface area (Å²) in [5.41, 5.74) is 0. The van der Waals surface area contributed by atoms with Crippen molar-refractivity contribution in [1.82, 2.24) is 4.90 Å². The van der Waals surface area contributed by atoms with E-state index in [2.05, 4.69) is 0 Å². The van der Waals surface area contributed by atoms with Crippen molar-refractivity contribution < 1.29 is 23.9 Å².